The molecule has 0 aliphatic rings. The molecule has 8 heteroatoms. The van der Waals surface area contributed by atoms with Crippen LogP contribution in [0.5, 0.6) is 0 Å². The standard InChI is InChI=1S/C15H16N2O5S/c1-22-11-10-16-23(20,21)13-8-6-12(7-9-13)14-4-2-3-5-15(14)17(18)19/h2-9,16H,10-11H2,1H3. The third-order valence-electron chi connectivity index (χ3n) is 3.17. The monoisotopic (exact) mass is 336 g/mol. The Balaban J connectivity index is 2.28. The summed E-state index contributed by atoms with van der Waals surface area (Å²) in [6.07, 6.45) is 0. The first-order chi connectivity index (χ1) is 11.0. The first-order valence-electron chi connectivity index (χ1n) is 6.78. The van der Waals surface area contributed by atoms with Gasteiger partial charge in [-0.3, -0.25) is 10.1 Å². The fourth-order valence-corrected chi connectivity index (χ4v) is 3.07. The lowest BCUT2D eigenvalue weighted by Gasteiger charge is -2.08. The highest BCUT2D eigenvalue weighted by Gasteiger charge is 2.16. The van der Waals surface area contributed by atoms with Gasteiger partial charge in [0.25, 0.3) is 5.69 Å². The number of nitrogens with zero attached hydrogens (tertiary/aromatic N) is 1. The van der Waals surface area contributed by atoms with Crippen molar-refractivity contribution >= 4 is 15.7 Å². The second-order valence-corrected chi connectivity index (χ2v) is 6.46. The van der Waals surface area contributed by atoms with Crippen molar-refractivity contribution in [2.24, 2.45) is 0 Å². The first-order valence-corrected chi connectivity index (χ1v) is 8.26. The molecule has 0 radical (unpaired) electrons. The molecule has 2 rings (SSSR count). The van der Waals surface area contributed by atoms with Crippen LogP contribution in [0.2, 0.25) is 0 Å². The lowest BCUT2D eigenvalue weighted by atomic mass is 10.0. The Labute approximate surface area is 134 Å². The third-order valence-corrected chi connectivity index (χ3v) is 4.65. The van der Waals surface area contributed by atoms with Gasteiger partial charge in [0.05, 0.1) is 22.0 Å². The van der Waals surface area contributed by atoms with Gasteiger partial charge in [-0.2, -0.15) is 0 Å². The molecule has 7 nitrogen and oxygen atoms in total. The molecule has 0 bridgehead atoms. The Hall–Kier alpha value is -2.29. The maximum Gasteiger partial charge on any atom is 0.277 e. The number of hydrogen-bond acceptors (Lipinski definition) is 5. The van der Waals surface area contributed by atoms with Crippen LogP contribution >= 0.6 is 0 Å². The summed E-state index contributed by atoms with van der Waals surface area (Å²) in [6.45, 7) is 0.443. The lowest BCUT2D eigenvalue weighted by molar-refractivity contribution is -0.384. The van der Waals surface area contributed by atoms with Crippen LogP contribution in [0.4, 0.5) is 5.69 Å². The zero-order valence-electron chi connectivity index (χ0n) is 12.4. The molecule has 0 aliphatic heterocycles. The molecule has 1 N–H and O–H groups in total. The van der Waals surface area contributed by atoms with Crippen LogP contribution in [-0.2, 0) is 14.8 Å². The number of nitrogens with one attached hydrogen (secondary N) is 1. The summed E-state index contributed by atoms with van der Waals surface area (Å²) in [7, 11) is -2.14. The fraction of sp³-hybridized carbons (Fsp3) is 0.200. The molecular formula is C15H16N2O5S. The molecule has 0 atom stereocenters. The van der Waals surface area contributed by atoms with Crippen molar-refractivity contribution in [1.82, 2.24) is 4.72 Å². The Morgan fingerprint density at radius 3 is 2.39 bits per heavy atom. The van der Waals surface area contributed by atoms with E-state index in [0.717, 1.165) is 0 Å². The van der Waals surface area contributed by atoms with E-state index in [4.69, 9.17) is 4.74 Å². The Morgan fingerprint density at radius 1 is 1.13 bits per heavy atom. The highest BCUT2D eigenvalue weighted by atomic mass is 32.2. The smallest absolute Gasteiger partial charge is 0.277 e. The fourth-order valence-electron chi connectivity index (χ4n) is 2.05. The molecule has 0 heterocycles. The minimum atomic E-state index is -3.62. The molecule has 0 unspecified atom stereocenters. The number of methoxy groups -OCH3 is 1. The summed E-state index contributed by atoms with van der Waals surface area (Å²) in [5.74, 6) is 0. The number of nitro groups is 1. The first kappa shape index (κ1) is 17.1. The van der Waals surface area contributed by atoms with Crippen LogP contribution in [0.25, 0.3) is 11.1 Å². The van der Waals surface area contributed by atoms with Crippen LogP contribution in [0.15, 0.2) is 53.4 Å². The van der Waals surface area contributed by atoms with E-state index in [1.54, 1.807) is 30.3 Å². The highest BCUT2D eigenvalue weighted by molar-refractivity contribution is 7.89. The van der Waals surface area contributed by atoms with Crippen LogP contribution in [0, 0.1) is 10.1 Å². The van der Waals surface area contributed by atoms with Crippen molar-refractivity contribution in [3.05, 3.63) is 58.6 Å². The second kappa shape index (κ2) is 7.32. The molecular weight excluding hydrogens is 320 g/mol. The highest BCUT2D eigenvalue weighted by Crippen LogP contribution is 2.29. The van der Waals surface area contributed by atoms with Gasteiger partial charge >= 0.3 is 0 Å². The van der Waals surface area contributed by atoms with Gasteiger partial charge in [0, 0.05) is 19.7 Å². The van der Waals surface area contributed by atoms with Gasteiger partial charge in [-0.05, 0) is 23.8 Å². The van der Waals surface area contributed by atoms with E-state index in [1.807, 2.05) is 0 Å². The van der Waals surface area contributed by atoms with Crippen molar-refractivity contribution in [3.63, 3.8) is 0 Å². The van der Waals surface area contributed by atoms with Gasteiger partial charge < -0.3 is 4.74 Å². The van der Waals surface area contributed by atoms with Crippen LogP contribution in [0.3, 0.4) is 0 Å². The third kappa shape index (κ3) is 4.13. The van der Waals surface area contributed by atoms with E-state index in [0.29, 0.717) is 11.1 Å². The van der Waals surface area contributed by atoms with Crippen molar-refractivity contribution in [2.45, 2.75) is 4.90 Å². The number of para-hydroxylation sites is 1. The molecule has 2 aromatic rings. The summed E-state index contributed by atoms with van der Waals surface area (Å²) >= 11 is 0. The van der Waals surface area contributed by atoms with Gasteiger partial charge in [-0.1, -0.05) is 24.3 Å². The molecule has 0 spiro atoms. The van der Waals surface area contributed by atoms with Gasteiger partial charge in [-0.15, -0.1) is 0 Å². The van der Waals surface area contributed by atoms with Crippen LogP contribution in [0.1, 0.15) is 0 Å². The van der Waals surface area contributed by atoms with E-state index in [1.165, 1.54) is 25.3 Å². The zero-order chi connectivity index (χ0) is 16.9. The van der Waals surface area contributed by atoms with Crippen molar-refractivity contribution in [2.75, 3.05) is 20.3 Å². The molecule has 0 fully saturated rings. The molecule has 2 aromatic carbocycles. The Morgan fingerprint density at radius 2 is 1.78 bits per heavy atom. The zero-order valence-corrected chi connectivity index (χ0v) is 13.2. The number of ether oxygens (including phenoxy) is 1. The van der Waals surface area contributed by atoms with Gasteiger partial charge in [0.15, 0.2) is 0 Å². The normalized spacial score (nSPS) is 11.3. The molecule has 23 heavy (non-hydrogen) atoms. The predicted octanol–water partition coefficient (Wildman–Crippen LogP) is 2.19. The van der Waals surface area contributed by atoms with Crippen molar-refractivity contribution < 1.29 is 18.1 Å². The summed E-state index contributed by atoms with van der Waals surface area (Å²) in [4.78, 5) is 10.7. The maximum absolute atomic E-state index is 12.1. The van der Waals surface area contributed by atoms with Crippen molar-refractivity contribution in [1.29, 1.82) is 0 Å². The quantitative estimate of drug-likeness (QED) is 0.475. The van der Waals surface area contributed by atoms with Gasteiger partial charge in [-0.25, -0.2) is 13.1 Å². The summed E-state index contributed by atoms with van der Waals surface area (Å²) < 4.78 is 31.3. The second-order valence-electron chi connectivity index (χ2n) is 4.69. The van der Waals surface area contributed by atoms with E-state index in [2.05, 4.69) is 4.72 Å². The Bertz CT molecular complexity index is 788. The largest absolute Gasteiger partial charge is 0.383 e. The minimum absolute atomic E-state index is 0.0265. The number of benzene rings is 2. The predicted molar refractivity (Wildman–Crippen MR) is 85.6 cm³/mol. The average molecular weight is 336 g/mol. The van der Waals surface area contributed by atoms with Crippen LogP contribution < -0.4 is 4.72 Å². The number of nitro benzene ring substituents is 1. The van der Waals surface area contributed by atoms with Crippen molar-refractivity contribution in [3.8, 4) is 11.1 Å². The number of rotatable bonds is 7. The average Bonchev–Trinajstić information content (AvgIpc) is 2.55. The van der Waals surface area contributed by atoms with E-state index in [-0.39, 0.29) is 23.7 Å². The molecule has 0 amide bonds. The van der Waals surface area contributed by atoms with E-state index in [9.17, 15) is 18.5 Å². The van der Waals surface area contributed by atoms with Gasteiger partial charge in [0.2, 0.25) is 10.0 Å². The number of hydrogen-bond donors (Lipinski definition) is 1. The van der Waals surface area contributed by atoms with Gasteiger partial charge in [0.1, 0.15) is 0 Å². The molecule has 0 aromatic heterocycles. The molecule has 0 aliphatic carbocycles. The SMILES string of the molecule is COCCNS(=O)(=O)c1ccc(-c2ccccc2[N+](=O)[O-])cc1. The van der Waals surface area contributed by atoms with E-state index >= 15 is 0 Å². The minimum Gasteiger partial charge on any atom is -0.383 e. The number of sulfonamides is 1. The van der Waals surface area contributed by atoms with E-state index < -0.39 is 14.9 Å². The maximum atomic E-state index is 12.1. The summed E-state index contributed by atoms with van der Waals surface area (Å²) in [5.41, 5.74) is 0.989. The molecule has 0 saturated heterocycles. The summed E-state index contributed by atoms with van der Waals surface area (Å²) in [5, 5.41) is 11.1. The lowest BCUT2D eigenvalue weighted by Crippen LogP contribution is -2.27. The Kier molecular flexibility index (Phi) is 5.43. The molecule has 0 saturated carbocycles. The van der Waals surface area contributed by atoms with Crippen LogP contribution in [-0.4, -0.2) is 33.6 Å². The molecule has 122 valence electrons. The summed E-state index contributed by atoms with van der Waals surface area (Å²) in [6, 6.07) is 12.2. The topological polar surface area (TPSA) is 98.5 Å².